The standard InChI is InChI=1S/C15H22N2O2/c18-12-15(8-4-5-9-15)17-11-14(19)16-10-13-6-2-1-3-7-13/h1-3,6-7,17-18H,4-5,8-12H2,(H,16,19). The van der Waals surface area contributed by atoms with Gasteiger partial charge in [0.25, 0.3) is 0 Å². The molecular formula is C15H22N2O2. The Morgan fingerprint density at radius 1 is 1.21 bits per heavy atom. The number of benzene rings is 1. The van der Waals surface area contributed by atoms with Crippen molar-refractivity contribution in [2.75, 3.05) is 13.2 Å². The maximum Gasteiger partial charge on any atom is 0.234 e. The first kappa shape index (κ1) is 14.0. The molecule has 1 fully saturated rings. The predicted molar refractivity (Wildman–Crippen MR) is 74.6 cm³/mol. The van der Waals surface area contributed by atoms with Gasteiger partial charge in [-0.25, -0.2) is 0 Å². The molecule has 1 aromatic rings. The summed E-state index contributed by atoms with van der Waals surface area (Å²) in [6.45, 7) is 0.930. The number of carbonyl (C=O) groups is 1. The van der Waals surface area contributed by atoms with Crippen molar-refractivity contribution in [3.05, 3.63) is 35.9 Å². The molecule has 3 N–H and O–H groups in total. The van der Waals surface area contributed by atoms with Gasteiger partial charge in [0.1, 0.15) is 0 Å². The van der Waals surface area contributed by atoms with Crippen LogP contribution in [0, 0.1) is 0 Å². The minimum Gasteiger partial charge on any atom is -0.394 e. The van der Waals surface area contributed by atoms with E-state index in [-0.39, 0.29) is 24.6 Å². The van der Waals surface area contributed by atoms with Crippen molar-refractivity contribution in [1.29, 1.82) is 0 Å². The molecule has 4 heteroatoms. The van der Waals surface area contributed by atoms with E-state index in [4.69, 9.17) is 0 Å². The SMILES string of the molecule is O=C(CNC1(CO)CCCC1)NCc1ccccc1. The van der Waals surface area contributed by atoms with Crippen LogP contribution in [0.1, 0.15) is 31.2 Å². The van der Waals surface area contributed by atoms with E-state index in [0.717, 1.165) is 31.2 Å². The number of aliphatic hydroxyl groups excluding tert-OH is 1. The molecule has 0 saturated heterocycles. The summed E-state index contributed by atoms with van der Waals surface area (Å²) in [4.78, 5) is 11.8. The van der Waals surface area contributed by atoms with Crippen LogP contribution in [0.2, 0.25) is 0 Å². The summed E-state index contributed by atoms with van der Waals surface area (Å²) in [5.41, 5.74) is 0.859. The average Bonchev–Trinajstić information content (AvgIpc) is 2.93. The smallest absolute Gasteiger partial charge is 0.234 e. The Kier molecular flexibility index (Phi) is 4.93. The molecule has 0 heterocycles. The molecule has 0 radical (unpaired) electrons. The topological polar surface area (TPSA) is 61.4 Å². The lowest BCUT2D eigenvalue weighted by Gasteiger charge is -2.27. The fourth-order valence-corrected chi connectivity index (χ4v) is 2.57. The fraction of sp³-hybridized carbons (Fsp3) is 0.533. The monoisotopic (exact) mass is 262 g/mol. The van der Waals surface area contributed by atoms with Crippen LogP contribution in [0.25, 0.3) is 0 Å². The van der Waals surface area contributed by atoms with E-state index in [1.54, 1.807) is 0 Å². The highest BCUT2D eigenvalue weighted by Crippen LogP contribution is 2.28. The zero-order chi connectivity index (χ0) is 13.6. The third-order valence-electron chi connectivity index (χ3n) is 3.82. The van der Waals surface area contributed by atoms with Crippen molar-refractivity contribution >= 4 is 5.91 Å². The van der Waals surface area contributed by atoms with Gasteiger partial charge in [-0.1, -0.05) is 43.2 Å². The van der Waals surface area contributed by atoms with E-state index in [9.17, 15) is 9.90 Å². The Morgan fingerprint density at radius 3 is 2.53 bits per heavy atom. The molecule has 1 aromatic carbocycles. The van der Waals surface area contributed by atoms with E-state index >= 15 is 0 Å². The van der Waals surface area contributed by atoms with Gasteiger partial charge in [0, 0.05) is 12.1 Å². The first-order valence-electron chi connectivity index (χ1n) is 6.91. The number of aliphatic hydroxyl groups is 1. The van der Waals surface area contributed by atoms with Gasteiger partial charge in [-0.3, -0.25) is 4.79 Å². The molecule has 2 rings (SSSR count). The number of amides is 1. The fourth-order valence-electron chi connectivity index (χ4n) is 2.57. The summed E-state index contributed by atoms with van der Waals surface area (Å²) in [7, 11) is 0. The van der Waals surface area contributed by atoms with Crippen molar-refractivity contribution < 1.29 is 9.90 Å². The lowest BCUT2D eigenvalue weighted by Crippen LogP contribution is -2.50. The Balaban J connectivity index is 1.72. The molecule has 0 unspecified atom stereocenters. The van der Waals surface area contributed by atoms with E-state index in [0.29, 0.717) is 6.54 Å². The first-order chi connectivity index (χ1) is 9.24. The molecule has 1 aliphatic carbocycles. The number of carbonyl (C=O) groups excluding carboxylic acids is 1. The van der Waals surface area contributed by atoms with Gasteiger partial charge in [0.05, 0.1) is 13.2 Å². The highest BCUT2D eigenvalue weighted by molar-refractivity contribution is 5.78. The van der Waals surface area contributed by atoms with Crippen molar-refractivity contribution in [1.82, 2.24) is 10.6 Å². The first-order valence-corrected chi connectivity index (χ1v) is 6.91. The Bertz CT molecular complexity index is 400. The van der Waals surface area contributed by atoms with E-state index < -0.39 is 0 Å². The largest absolute Gasteiger partial charge is 0.394 e. The van der Waals surface area contributed by atoms with Crippen LogP contribution in [0.5, 0.6) is 0 Å². The van der Waals surface area contributed by atoms with Crippen molar-refractivity contribution in [3.8, 4) is 0 Å². The number of hydrogen-bond donors (Lipinski definition) is 3. The third kappa shape index (κ3) is 4.04. The maximum atomic E-state index is 11.8. The van der Waals surface area contributed by atoms with E-state index in [1.165, 1.54) is 0 Å². The van der Waals surface area contributed by atoms with Gasteiger partial charge < -0.3 is 15.7 Å². The normalized spacial score (nSPS) is 17.3. The summed E-state index contributed by atoms with van der Waals surface area (Å²) in [5, 5.41) is 15.5. The van der Waals surface area contributed by atoms with Crippen LogP contribution in [-0.2, 0) is 11.3 Å². The predicted octanol–water partition coefficient (Wildman–Crippen LogP) is 1.20. The summed E-state index contributed by atoms with van der Waals surface area (Å²) in [6.07, 6.45) is 4.16. The molecule has 1 aliphatic rings. The molecule has 0 bridgehead atoms. The summed E-state index contributed by atoms with van der Waals surface area (Å²) >= 11 is 0. The number of nitrogens with one attached hydrogen (secondary N) is 2. The van der Waals surface area contributed by atoms with Crippen LogP contribution in [-0.4, -0.2) is 29.7 Å². The average molecular weight is 262 g/mol. The van der Waals surface area contributed by atoms with Crippen molar-refractivity contribution in [2.45, 2.75) is 37.8 Å². The second-order valence-corrected chi connectivity index (χ2v) is 5.26. The van der Waals surface area contributed by atoms with Gasteiger partial charge in [-0.05, 0) is 18.4 Å². The number of rotatable bonds is 6. The number of hydrogen-bond acceptors (Lipinski definition) is 3. The summed E-state index contributed by atoms with van der Waals surface area (Å²) < 4.78 is 0. The van der Waals surface area contributed by atoms with Crippen LogP contribution in [0.4, 0.5) is 0 Å². The van der Waals surface area contributed by atoms with Gasteiger partial charge in [0.15, 0.2) is 0 Å². The van der Waals surface area contributed by atoms with Crippen molar-refractivity contribution in [3.63, 3.8) is 0 Å². The van der Waals surface area contributed by atoms with Crippen LogP contribution in [0.15, 0.2) is 30.3 Å². The molecule has 1 saturated carbocycles. The molecule has 0 aliphatic heterocycles. The Morgan fingerprint density at radius 2 is 1.89 bits per heavy atom. The lowest BCUT2D eigenvalue weighted by atomic mass is 9.99. The van der Waals surface area contributed by atoms with Gasteiger partial charge in [-0.15, -0.1) is 0 Å². The van der Waals surface area contributed by atoms with E-state index in [2.05, 4.69) is 10.6 Å². The summed E-state index contributed by atoms with van der Waals surface area (Å²) in [6, 6.07) is 9.84. The highest BCUT2D eigenvalue weighted by Gasteiger charge is 2.32. The molecule has 19 heavy (non-hydrogen) atoms. The van der Waals surface area contributed by atoms with Gasteiger partial charge in [0.2, 0.25) is 5.91 Å². The zero-order valence-corrected chi connectivity index (χ0v) is 11.2. The molecule has 104 valence electrons. The minimum atomic E-state index is -0.232. The van der Waals surface area contributed by atoms with Crippen molar-refractivity contribution in [2.24, 2.45) is 0 Å². The van der Waals surface area contributed by atoms with Gasteiger partial charge >= 0.3 is 0 Å². The molecule has 4 nitrogen and oxygen atoms in total. The highest BCUT2D eigenvalue weighted by atomic mass is 16.3. The Hall–Kier alpha value is -1.39. The molecule has 0 atom stereocenters. The third-order valence-corrected chi connectivity index (χ3v) is 3.82. The second-order valence-electron chi connectivity index (χ2n) is 5.26. The summed E-state index contributed by atoms with van der Waals surface area (Å²) in [5.74, 6) is -0.0245. The maximum absolute atomic E-state index is 11.8. The quantitative estimate of drug-likeness (QED) is 0.722. The minimum absolute atomic E-state index is 0.0245. The van der Waals surface area contributed by atoms with Crippen LogP contribution in [0.3, 0.4) is 0 Å². The van der Waals surface area contributed by atoms with Crippen LogP contribution < -0.4 is 10.6 Å². The van der Waals surface area contributed by atoms with E-state index in [1.807, 2.05) is 30.3 Å². The van der Waals surface area contributed by atoms with Crippen LogP contribution >= 0.6 is 0 Å². The second kappa shape index (κ2) is 6.68. The Labute approximate surface area is 114 Å². The molecular weight excluding hydrogens is 240 g/mol. The lowest BCUT2D eigenvalue weighted by molar-refractivity contribution is -0.120. The zero-order valence-electron chi connectivity index (χ0n) is 11.2. The molecule has 1 amide bonds. The van der Waals surface area contributed by atoms with Gasteiger partial charge in [-0.2, -0.15) is 0 Å². The molecule has 0 aromatic heterocycles. The molecule has 0 spiro atoms.